The number of rotatable bonds is 5. The molecule has 0 spiro atoms. The van der Waals surface area contributed by atoms with Crippen molar-refractivity contribution in [1.29, 1.82) is 0 Å². The quantitative estimate of drug-likeness (QED) is 0.834. The van der Waals surface area contributed by atoms with Gasteiger partial charge in [0.1, 0.15) is 0 Å². The molecule has 0 aromatic heterocycles. The van der Waals surface area contributed by atoms with Gasteiger partial charge in [-0.3, -0.25) is 9.69 Å². The number of nitrogens with zero attached hydrogens (tertiary/aromatic N) is 1. The van der Waals surface area contributed by atoms with Gasteiger partial charge in [-0.05, 0) is 11.6 Å². The van der Waals surface area contributed by atoms with Gasteiger partial charge < -0.3 is 5.32 Å². The summed E-state index contributed by atoms with van der Waals surface area (Å²) in [4.78, 5) is 13.7. The van der Waals surface area contributed by atoms with Crippen LogP contribution in [-0.2, 0) is 11.3 Å². The molecule has 0 bridgehead atoms. The molecule has 4 heteroatoms. The Morgan fingerprint density at radius 3 is 3.00 bits per heavy atom. The van der Waals surface area contributed by atoms with Crippen molar-refractivity contribution in [2.24, 2.45) is 0 Å². The average molecular weight is 276 g/mol. The second kappa shape index (κ2) is 7.36. The molecule has 1 aliphatic heterocycles. The summed E-state index contributed by atoms with van der Waals surface area (Å²) in [6.45, 7) is 6.21. The van der Waals surface area contributed by atoms with Gasteiger partial charge in [0.2, 0.25) is 5.91 Å². The van der Waals surface area contributed by atoms with Crippen LogP contribution in [0.15, 0.2) is 43.0 Å². The Hall–Kier alpha value is -1.26. The highest BCUT2D eigenvalue weighted by atomic mass is 32.2. The molecule has 1 fully saturated rings. The number of thioether (sulfide) groups is 1. The maximum absolute atomic E-state index is 11.3. The molecule has 1 heterocycles. The van der Waals surface area contributed by atoms with Crippen LogP contribution in [-0.4, -0.2) is 41.4 Å². The molecule has 19 heavy (non-hydrogen) atoms. The first-order valence-corrected chi connectivity index (χ1v) is 7.71. The zero-order valence-corrected chi connectivity index (χ0v) is 11.9. The normalized spacial score (nSPS) is 19.9. The van der Waals surface area contributed by atoms with E-state index in [1.54, 1.807) is 0 Å². The Balaban J connectivity index is 1.92. The predicted octanol–water partition coefficient (Wildman–Crippen LogP) is 1.91. The SMILES string of the molecule is C=CC(=O)NCC1CSCCN1Cc1ccccc1. The van der Waals surface area contributed by atoms with Gasteiger partial charge in [0.05, 0.1) is 0 Å². The zero-order valence-electron chi connectivity index (χ0n) is 11.0. The Labute approximate surface area is 119 Å². The monoisotopic (exact) mass is 276 g/mol. The molecule has 1 aliphatic rings. The van der Waals surface area contributed by atoms with Crippen LogP contribution in [0.5, 0.6) is 0 Å². The van der Waals surface area contributed by atoms with Crippen molar-refractivity contribution in [3.8, 4) is 0 Å². The van der Waals surface area contributed by atoms with Gasteiger partial charge in [0.15, 0.2) is 0 Å². The number of hydrogen-bond acceptors (Lipinski definition) is 3. The van der Waals surface area contributed by atoms with E-state index in [4.69, 9.17) is 0 Å². The molecular formula is C15H20N2OS. The summed E-state index contributed by atoms with van der Waals surface area (Å²) in [7, 11) is 0. The fourth-order valence-electron chi connectivity index (χ4n) is 2.19. The van der Waals surface area contributed by atoms with E-state index in [1.807, 2.05) is 17.8 Å². The Morgan fingerprint density at radius 2 is 2.26 bits per heavy atom. The van der Waals surface area contributed by atoms with Crippen molar-refractivity contribution in [1.82, 2.24) is 10.2 Å². The van der Waals surface area contributed by atoms with Gasteiger partial charge in [-0.15, -0.1) is 0 Å². The van der Waals surface area contributed by atoms with Crippen LogP contribution < -0.4 is 5.32 Å². The second-order valence-corrected chi connectivity index (χ2v) is 5.78. The van der Waals surface area contributed by atoms with Crippen molar-refractivity contribution in [3.63, 3.8) is 0 Å². The number of carbonyl (C=O) groups excluding carboxylic acids is 1. The number of benzene rings is 1. The van der Waals surface area contributed by atoms with E-state index in [2.05, 4.69) is 41.1 Å². The molecule has 1 atom stereocenters. The third-order valence-corrected chi connectivity index (χ3v) is 4.37. The fourth-order valence-corrected chi connectivity index (χ4v) is 3.32. The van der Waals surface area contributed by atoms with Crippen LogP contribution in [0.4, 0.5) is 0 Å². The van der Waals surface area contributed by atoms with Crippen LogP contribution in [0.2, 0.25) is 0 Å². The van der Waals surface area contributed by atoms with Gasteiger partial charge in [0.25, 0.3) is 0 Å². The molecule has 3 nitrogen and oxygen atoms in total. The maximum atomic E-state index is 11.3. The molecule has 1 aromatic carbocycles. The van der Waals surface area contributed by atoms with E-state index in [9.17, 15) is 4.79 Å². The Morgan fingerprint density at radius 1 is 1.47 bits per heavy atom. The largest absolute Gasteiger partial charge is 0.351 e. The fraction of sp³-hybridized carbons (Fsp3) is 0.400. The van der Waals surface area contributed by atoms with Crippen molar-refractivity contribution in [3.05, 3.63) is 48.6 Å². The molecular weight excluding hydrogens is 256 g/mol. The van der Waals surface area contributed by atoms with Crippen LogP contribution in [0.1, 0.15) is 5.56 Å². The van der Waals surface area contributed by atoms with E-state index in [0.29, 0.717) is 12.6 Å². The minimum atomic E-state index is -0.0877. The number of hydrogen-bond donors (Lipinski definition) is 1. The summed E-state index contributed by atoms with van der Waals surface area (Å²) in [5.41, 5.74) is 1.33. The van der Waals surface area contributed by atoms with E-state index in [-0.39, 0.29) is 5.91 Å². The summed E-state index contributed by atoms with van der Waals surface area (Å²) in [5.74, 6) is 2.15. The van der Waals surface area contributed by atoms with Crippen molar-refractivity contribution >= 4 is 17.7 Å². The first-order chi connectivity index (χ1) is 9.29. The van der Waals surface area contributed by atoms with E-state index < -0.39 is 0 Å². The number of amides is 1. The molecule has 0 radical (unpaired) electrons. The number of nitrogens with one attached hydrogen (secondary N) is 1. The van der Waals surface area contributed by atoms with E-state index in [0.717, 1.165) is 18.8 Å². The van der Waals surface area contributed by atoms with Crippen LogP contribution in [0.3, 0.4) is 0 Å². The lowest BCUT2D eigenvalue weighted by Crippen LogP contribution is -2.48. The summed E-state index contributed by atoms with van der Waals surface area (Å²) < 4.78 is 0. The minimum absolute atomic E-state index is 0.0877. The lowest BCUT2D eigenvalue weighted by molar-refractivity contribution is -0.116. The first-order valence-electron chi connectivity index (χ1n) is 6.55. The first kappa shape index (κ1) is 14.2. The lowest BCUT2D eigenvalue weighted by Gasteiger charge is -2.35. The van der Waals surface area contributed by atoms with Gasteiger partial charge in [-0.2, -0.15) is 11.8 Å². The summed E-state index contributed by atoms with van der Waals surface area (Å²) in [5, 5.41) is 2.91. The third kappa shape index (κ3) is 4.40. The van der Waals surface area contributed by atoms with Gasteiger partial charge in [-0.25, -0.2) is 0 Å². The average Bonchev–Trinajstić information content (AvgIpc) is 2.47. The highest BCUT2D eigenvalue weighted by molar-refractivity contribution is 7.99. The molecule has 1 amide bonds. The molecule has 2 rings (SSSR count). The second-order valence-electron chi connectivity index (χ2n) is 4.63. The molecule has 1 saturated heterocycles. The lowest BCUT2D eigenvalue weighted by atomic mass is 10.1. The van der Waals surface area contributed by atoms with Crippen LogP contribution in [0.25, 0.3) is 0 Å². The van der Waals surface area contributed by atoms with Gasteiger partial charge >= 0.3 is 0 Å². The molecule has 0 aliphatic carbocycles. The van der Waals surface area contributed by atoms with Crippen molar-refractivity contribution in [2.45, 2.75) is 12.6 Å². The summed E-state index contributed by atoms with van der Waals surface area (Å²) in [6.07, 6.45) is 1.33. The Bertz CT molecular complexity index is 421. The predicted molar refractivity (Wildman–Crippen MR) is 81.2 cm³/mol. The van der Waals surface area contributed by atoms with Crippen molar-refractivity contribution < 1.29 is 4.79 Å². The number of carbonyl (C=O) groups is 1. The van der Waals surface area contributed by atoms with Crippen LogP contribution in [0, 0.1) is 0 Å². The molecule has 1 aromatic rings. The Kier molecular flexibility index (Phi) is 5.48. The maximum Gasteiger partial charge on any atom is 0.243 e. The highest BCUT2D eigenvalue weighted by Gasteiger charge is 2.22. The van der Waals surface area contributed by atoms with E-state index >= 15 is 0 Å². The molecule has 1 unspecified atom stereocenters. The topological polar surface area (TPSA) is 32.3 Å². The molecule has 0 saturated carbocycles. The summed E-state index contributed by atoms with van der Waals surface area (Å²) in [6, 6.07) is 10.9. The molecule has 1 N–H and O–H groups in total. The highest BCUT2D eigenvalue weighted by Crippen LogP contribution is 2.18. The smallest absolute Gasteiger partial charge is 0.243 e. The van der Waals surface area contributed by atoms with Gasteiger partial charge in [0, 0.05) is 37.2 Å². The summed E-state index contributed by atoms with van der Waals surface area (Å²) >= 11 is 1.96. The molecule has 102 valence electrons. The third-order valence-electron chi connectivity index (χ3n) is 3.28. The van der Waals surface area contributed by atoms with Crippen LogP contribution >= 0.6 is 11.8 Å². The van der Waals surface area contributed by atoms with Crippen molar-refractivity contribution in [2.75, 3.05) is 24.6 Å². The zero-order chi connectivity index (χ0) is 13.5. The van der Waals surface area contributed by atoms with Gasteiger partial charge in [-0.1, -0.05) is 36.9 Å². The minimum Gasteiger partial charge on any atom is -0.351 e. The van der Waals surface area contributed by atoms with E-state index in [1.165, 1.54) is 17.4 Å². The standard InChI is InChI=1S/C15H20N2OS/c1-2-15(18)16-10-14-12-19-9-8-17(14)11-13-6-4-3-5-7-13/h2-7,14H,1,8-12H2,(H,16,18).